The van der Waals surface area contributed by atoms with Gasteiger partial charge < -0.3 is 15.0 Å². The molecule has 0 amide bonds. The number of carbonyl (C=O) groups is 1. The predicted molar refractivity (Wildman–Crippen MR) is 91.0 cm³/mol. The van der Waals surface area contributed by atoms with Crippen LogP contribution in [0.4, 0.5) is 5.82 Å². The van der Waals surface area contributed by atoms with Gasteiger partial charge in [-0.05, 0) is 42.5 Å². The number of benzene rings is 1. The van der Waals surface area contributed by atoms with Crippen LogP contribution >= 0.6 is 0 Å². The summed E-state index contributed by atoms with van der Waals surface area (Å²) in [5.41, 5.74) is 12.4. The lowest BCUT2D eigenvalue weighted by molar-refractivity contribution is -0.139. The topological polar surface area (TPSA) is 83.0 Å². The molecule has 3 aromatic rings. The van der Waals surface area contributed by atoms with E-state index in [4.69, 9.17) is 10.5 Å². The normalized spacial score (nSPS) is 13.2. The number of anilines is 1. The molecular weight excluding hydrogens is 304 g/mol. The van der Waals surface area contributed by atoms with Crippen LogP contribution < -0.4 is 5.73 Å². The van der Waals surface area contributed by atoms with Crippen molar-refractivity contribution in [2.45, 2.75) is 25.7 Å². The number of hydrogen-bond acceptors (Lipinski definition) is 5. The Balaban J connectivity index is 1.84. The van der Waals surface area contributed by atoms with Crippen LogP contribution in [-0.2, 0) is 28.8 Å². The van der Waals surface area contributed by atoms with Crippen LogP contribution in [0.5, 0.6) is 0 Å². The van der Waals surface area contributed by atoms with Gasteiger partial charge in [0, 0.05) is 11.4 Å². The van der Waals surface area contributed by atoms with Gasteiger partial charge in [0.25, 0.3) is 0 Å². The van der Waals surface area contributed by atoms with E-state index in [9.17, 15) is 4.79 Å². The molecule has 0 fully saturated rings. The van der Waals surface area contributed by atoms with Crippen LogP contribution in [0.3, 0.4) is 0 Å². The van der Waals surface area contributed by atoms with Crippen molar-refractivity contribution in [3.05, 3.63) is 47.4 Å². The summed E-state index contributed by atoms with van der Waals surface area (Å²) in [5, 5.41) is 0. The Morgan fingerprint density at radius 2 is 2.04 bits per heavy atom. The maximum Gasteiger partial charge on any atom is 0.309 e. The first-order valence-electron chi connectivity index (χ1n) is 7.98. The van der Waals surface area contributed by atoms with Crippen LogP contribution in [0.15, 0.2) is 30.6 Å². The van der Waals surface area contributed by atoms with Crippen molar-refractivity contribution >= 4 is 22.8 Å². The van der Waals surface area contributed by atoms with Gasteiger partial charge in [0.2, 0.25) is 0 Å². The van der Waals surface area contributed by atoms with Crippen molar-refractivity contribution in [3.63, 3.8) is 0 Å². The Morgan fingerprint density at radius 1 is 1.25 bits per heavy atom. The number of fused-ring (bicyclic) bond motifs is 3. The SMILES string of the molecule is COC(=O)Cc1ccc(-n2c3c(c4ncnc(N)c42)CCC3)cc1. The molecule has 0 unspecified atom stereocenters. The molecule has 1 aliphatic carbocycles. The molecule has 0 radical (unpaired) electrons. The molecule has 0 aliphatic heterocycles. The molecule has 0 saturated carbocycles. The van der Waals surface area contributed by atoms with Gasteiger partial charge in [-0.2, -0.15) is 0 Å². The van der Waals surface area contributed by atoms with Gasteiger partial charge >= 0.3 is 5.97 Å². The minimum Gasteiger partial charge on any atom is -0.469 e. The number of aryl methyl sites for hydroxylation is 1. The zero-order valence-electron chi connectivity index (χ0n) is 13.5. The van der Waals surface area contributed by atoms with Crippen LogP contribution in [0.1, 0.15) is 23.2 Å². The molecule has 24 heavy (non-hydrogen) atoms. The Bertz CT molecular complexity index is 928. The molecule has 2 N–H and O–H groups in total. The highest BCUT2D eigenvalue weighted by molar-refractivity contribution is 5.91. The van der Waals surface area contributed by atoms with Gasteiger partial charge in [0.15, 0.2) is 5.82 Å². The Hall–Kier alpha value is -2.89. The summed E-state index contributed by atoms with van der Waals surface area (Å²) >= 11 is 0. The molecule has 2 heterocycles. The van der Waals surface area contributed by atoms with E-state index < -0.39 is 0 Å². The number of esters is 1. The average molecular weight is 322 g/mol. The number of aromatic nitrogens is 3. The molecule has 4 rings (SSSR count). The molecule has 1 aliphatic rings. The van der Waals surface area contributed by atoms with Crippen LogP contribution in [0.25, 0.3) is 16.7 Å². The van der Waals surface area contributed by atoms with E-state index in [2.05, 4.69) is 14.5 Å². The van der Waals surface area contributed by atoms with Crippen molar-refractivity contribution in [3.8, 4) is 5.69 Å². The Kier molecular flexibility index (Phi) is 3.45. The number of hydrogen-bond donors (Lipinski definition) is 1. The van der Waals surface area contributed by atoms with Gasteiger partial charge in [-0.15, -0.1) is 0 Å². The summed E-state index contributed by atoms with van der Waals surface area (Å²) in [7, 11) is 1.40. The highest BCUT2D eigenvalue weighted by Crippen LogP contribution is 2.36. The first-order chi connectivity index (χ1) is 11.7. The van der Waals surface area contributed by atoms with Crippen LogP contribution in [0.2, 0.25) is 0 Å². The van der Waals surface area contributed by atoms with Crippen molar-refractivity contribution in [2.75, 3.05) is 12.8 Å². The summed E-state index contributed by atoms with van der Waals surface area (Å²) in [6.07, 6.45) is 4.96. The zero-order chi connectivity index (χ0) is 16.7. The number of rotatable bonds is 3. The summed E-state index contributed by atoms with van der Waals surface area (Å²) in [4.78, 5) is 20.0. The molecule has 0 spiro atoms. The summed E-state index contributed by atoms with van der Waals surface area (Å²) in [6.45, 7) is 0. The maximum absolute atomic E-state index is 11.4. The smallest absolute Gasteiger partial charge is 0.309 e. The minimum atomic E-state index is -0.243. The van der Waals surface area contributed by atoms with Gasteiger partial charge in [-0.1, -0.05) is 12.1 Å². The molecule has 0 atom stereocenters. The molecule has 122 valence electrons. The van der Waals surface area contributed by atoms with Crippen molar-refractivity contribution in [1.82, 2.24) is 14.5 Å². The predicted octanol–water partition coefficient (Wildman–Crippen LogP) is 2.21. The van der Waals surface area contributed by atoms with Gasteiger partial charge in [0.1, 0.15) is 11.8 Å². The number of carbonyl (C=O) groups excluding carboxylic acids is 1. The maximum atomic E-state index is 11.4. The largest absolute Gasteiger partial charge is 0.469 e. The second-order valence-corrected chi connectivity index (χ2v) is 5.99. The second kappa shape index (κ2) is 5.63. The van der Waals surface area contributed by atoms with E-state index in [1.807, 2.05) is 24.3 Å². The second-order valence-electron chi connectivity index (χ2n) is 5.99. The standard InChI is InChI=1S/C18H18N4O2/c1-24-15(23)9-11-5-7-12(8-6-11)22-14-4-2-3-13(14)16-17(22)18(19)21-10-20-16/h5-8,10H,2-4,9H2,1H3,(H2,19,20,21). The van der Waals surface area contributed by atoms with Crippen molar-refractivity contribution in [2.24, 2.45) is 0 Å². The lowest BCUT2D eigenvalue weighted by atomic mass is 10.1. The van der Waals surface area contributed by atoms with E-state index >= 15 is 0 Å². The van der Waals surface area contributed by atoms with E-state index in [1.54, 1.807) is 0 Å². The fraction of sp³-hybridized carbons (Fsp3) is 0.278. The van der Waals surface area contributed by atoms with Crippen LogP contribution in [-0.4, -0.2) is 27.6 Å². The summed E-state index contributed by atoms with van der Waals surface area (Å²) in [6, 6.07) is 7.89. The number of methoxy groups -OCH3 is 1. The molecule has 1 aromatic carbocycles. The van der Waals surface area contributed by atoms with E-state index in [0.717, 1.165) is 41.5 Å². The zero-order valence-corrected chi connectivity index (χ0v) is 13.5. The molecular formula is C18H18N4O2. The summed E-state index contributed by atoms with van der Waals surface area (Å²) in [5.74, 6) is 0.251. The number of nitrogen functional groups attached to an aromatic ring is 1. The quantitative estimate of drug-likeness (QED) is 0.748. The lowest BCUT2D eigenvalue weighted by Gasteiger charge is -2.11. The highest BCUT2D eigenvalue weighted by Gasteiger charge is 2.24. The first-order valence-corrected chi connectivity index (χ1v) is 7.98. The fourth-order valence-corrected chi connectivity index (χ4v) is 3.48. The third kappa shape index (κ3) is 2.22. The van der Waals surface area contributed by atoms with Gasteiger partial charge in [-0.3, -0.25) is 4.79 Å². The summed E-state index contributed by atoms with van der Waals surface area (Å²) < 4.78 is 6.87. The number of nitrogens with zero attached hydrogens (tertiary/aromatic N) is 3. The molecule has 0 saturated heterocycles. The van der Waals surface area contributed by atoms with E-state index in [0.29, 0.717) is 5.82 Å². The molecule has 0 bridgehead atoms. The monoisotopic (exact) mass is 322 g/mol. The third-order valence-electron chi connectivity index (χ3n) is 4.59. The fourth-order valence-electron chi connectivity index (χ4n) is 3.48. The Morgan fingerprint density at radius 3 is 2.79 bits per heavy atom. The van der Waals surface area contributed by atoms with Crippen molar-refractivity contribution < 1.29 is 9.53 Å². The highest BCUT2D eigenvalue weighted by atomic mass is 16.5. The number of nitrogens with two attached hydrogens (primary N) is 1. The molecule has 6 heteroatoms. The lowest BCUT2D eigenvalue weighted by Crippen LogP contribution is -2.05. The van der Waals surface area contributed by atoms with Crippen LogP contribution in [0, 0.1) is 0 Å². The number of ether oxygens (including phenoxy) is 1. The third-order valence-corrected chi connectivity index (χ3v) is 4.59. The van der Waals surface area contributed by atoms with Gasteiger partial charge in [0.05, 0.1) is 19.0 Å². The van der Waals surface area contributed by atoms with Crippen molar-refractivity contribution in [1.29, 1.82) is 0 Å². The average Bonchev–Trinajstić information content (AvgIpc) is 3.17. The van der Waals surface area contributed by atoms with Gasteiger partial charge in [-0.25, -0.2) is 9.97 Å². The Labute approximate surface area is 139 Å². The van der Waals surface area contributed by atoms with E-state index in [1.165, 1.54) is 24.7 Å². The first kappa shape index (κ1) is 14.7. The molecule has 6 nitrogen and oxygen atoms in total. The molecule has 2 aromatic heterocycles. The van der Waals surface area contributed by atoms with E-state index in [-0.39, 0.29) is 12.4 Å². The minimum absolute atomic E-state index is 0.243.